The molecule has 2 aromatic rings. The highest BCUT2D eigenvalue weighted by Gasteiger charge is 2.23. The van der Waals surface area contributed by atoms with Gasteiger partial charge < -0.3 is 4.90 Å². The highest BCUT2D eigenvalue weighted by molar-refractivity contribution is 9.10. The van der Waals surface area contributed by atoms with Crippen LogP contribution in [0.3, 0.4) is 0 Å². The van der Waals surface area contributed by atoms with Crippen LogP contribution in [-0.4, -0.2) is 43.0 Å². The van der Waals surface area contributed by atoms with Gasteiger partial charge in [-0.1, -0.05) is 78.3 Å². The Morgan fingerprint density at radius 2 is 1.50 bits per heavy atom. The third-order valence-electron chi connectivity index (χ3n) is 3.96. The summed E-state index contributed by atoms with van der Waals surface area (Å²) >= 11 is 3.31. The second kappa shape index (κ2) is 12.2. The first-order chi connectivity index (χ1) is 11.6. The van der Waals surface area contributed by atoms with E-state index < -0.39 is 0 Å². The van der Waals surface area contributed by atoms with Gasteiger partial charge in [-0.05, 0) is 38.2 Å². The Balaban J connectivity index is 0.000000268. The third kappa shape index (κ3) is 8.09. The predicted octanol–water partition coefficient (Wildman–Crippen LogP) is 5.30. The summed E-state index contributed by atoms with van der Waals surface area (Å²) in [6.45, 7) is 7.55. The molecule has 1 saturated heterocycles. The van der Waals surface area contributed by atoms with Gasteiger partial charge >= 0.3 is 0 Å². The lowest BCUT2D eigenvalue weighted by Crippen LogP contribution is -2.31. The van der Waals surface area contributed by atoms with Crippen LogP contribution in [0, 0.1) is 0 Å². The Bertz CT molecular complexity index is 528. The Morgan fingerprint density at radius 1 is 0.958 bits per heavy atom. The van der Waals surface area contributed by atoms with Gasteiger partial charge in [0, 0.05) is 30.1 Å². The fourth-order valence-electron chi connectivity index (χ4n) is 2.63. The van der Waals surface area contributed by atoms with E-state index in [0.717, 1.165) is 17.1 Å². The highest BCUT2D eigenvalue weighted by Crippen LogP contribution is 2.15. The molecular weight excluding hydrogens is 360 g/mol. The molecule has 3 rings (SSSR count). The van der Waals surface area contributed by atoms with E-state index in [1.165, 1.54) is 25.1 Å². The summed E-state index contributed by atoms with van der Waals surface area (Å²) in [5.41, 5.74) is 1.43. The van der Waals surface area contributed by atoms with Gasteiger partial charge in [0.15, 0.2) is 0 Å². The van der Waals surface area contributed by atoms with E-state index in [9.17, 15) is 0 Å². The Labute approximate surface area is 156 Å². The predicted molar refractivity (Wildman–Crippen MR) is 109 cm³/mol. The van der Waals surface area contributed by atoms with E-state index in [0.29, 0.717) is 0 Å². The Morgan fingerprint density at radius 3 is 1.92 bits per heavy atom. The third-order valence-corrected chi connectivity index (χ3v) is 4.49. The molecule has 2 aromatic carbocycles. The monoisotopic (exact) mass is 390 g/mol. The van der Waals surface area contributed by atoms with Gasteiger partial charge in [0.05, 0.1) is 0 Å². The number of rotatable bonds is 3. The number of likely N-dealkylation sites (tertiary alicyclic amines) is 1. The van der Waals surface area contributed by atoms with Gasteiger partial charge in [0.2, 0.25) is 0 Å². The van der Waals surface area contributed by atoms with Gasteiger partial charge in [-0.3, -0.25) is 4.90 Å². The minimum Gasteiger partial charge on any atom is -0.305 e. The lowest BCUT2D eigenvalue weighted by Gasteiger charge is -2.20. The molecule has 2 nitrogen and oxygen atoms in total. The molecule has 1 heterocycles. The number of halogens is 1. The number of nitrogens with zero attached hydrogens (tertiary/aromatic N) is 2. The average molecular weight is 391 g/mol. The molecule has 132 valence electrons. The fourth-order valence-corrected chi connectivity index (χ4v) is 2.94. The first-order valence-corrected chi connectivity index (χ1v) is 9.57. The first kappa shape index (κ1) is 20.9. The molecule has 1 fully saturated rings. The number of benzene rings is 2. The van der Waals surface area contributed by atoms with Crippen molar-refractivity contribution in [3.63, 3.8) is 0 Å². The van der Waals surface area contributed by atoms with Gasteiger partial charge in [0.25, 0.3) is 0 Å². The summed E-state index contributed by atoms with van der Waals surface area (Å²) in [5.74, 6) is 0. The van der Waals surface area contributed by atoms with Gasteiger partial charge in [0.1, 0.15) is 0 Å². The maximum atomic E-state index is 3.31. The topological polar surface area (TPSA) is 6.48 Å². The standard InChI is InChI=1S/C13H20N2.C6H5Br.C2H6/c1-14(2)13-8-9-15(11-13)10-12-6-4-3-5-7-12;7-6-4-2-1-3-5-6;1-2/h3-7,13H,8-11H2,1-2H3;1-5H;1-2H3. The van der Waals surface area contributed by atoms with Crippen molar-refractivity contribution in [3.05, 3.63) is 70.7 Å². The molecule has 0 saturated carbocycles. The summed E-state index contributed by atoms with van der Waals surface area (Å²) in [6, 6.07) is 21.5. The van der Waals surface area contributed by atoms with E-state index in [-0.39, 0.29) is 0 Å². The van der Waals surface area contributed by atoms with Crippen LogP contribution in [0.15, 0.2) is 65.1 Å². The molecule has 1 aliphatic rings. The Kier molecular flexibility index (Phi) is 10.6. The minimum absolute atomic E-state index is 0.744. The summed E-state index contributed by atoms with van der Waals surface area (Å²) < 4.78 is 1.13. The molecule has 0 aliphatic carbocycles. The maximum absolute atomic E-state index is 3.31. The summed E-state index contributed by atoms with van der Waals surface area (Å²) in [4.78, 5) is 4.88. The second-order valence-corrected chi connectivity index (χ2v) is 6.84. The van der Waals surface area contributed by atoms with Crippen LogP contribution < -0.4 is 0 Å². The molecule has 1 atom stereocenters. The molecule has 24 heavy (non-hydrogen) atoms. The zero-order chi connectivity index (χ0) is 17.8. The van der Waals surface area contributed by atoms with Crippen molar-refractivity contribution in [1.29, 1.82) is 0 Å². The van der Waals surface area contributed by atoms with Crippen LogP contribution in [0.2, 0.25) is 0 Å². The molecule has 0 aromatic heterocycles. The average Bonchev–Trinajstić information content (AvgIpc) is 3.08. The molecule has 1 unspecified atom stereocenters. The molecule has 0 spiro atoms. The number of hydrogen-bond acceptors (Lipinski definition) is 2. The minimum atomic E-state index is 0.744. The molecule has 0 amide bonds. The summed E-state index contributed by atoms with van der Waals surface area (Å²) in [6.07, 6.45) is 1.31. The lowest BCUT2D eigenvalue weighted by atomic mass is 10.2. The van der Waals surface area contributed by atoms with Gasteiger partial charge in [-0.15, -0.1) is 0 Å². The van der Waals surface area contributed by atoms with Crippen molar-refractivity contribution < 1.29 is 0 Å². The van der Waals surface area contributed by atoms with E-state index in [1.807, 2.05) is 44.2 Å². The van der Waals surface area contributed by atoms with Crippen molar-refractivity contribution in [2.75, 3.05) is 27.2 Å². The maximum Gasteiger partial charge on any atom is 0.0234 e. The zero-order valence-electron chi connectivity index (χ0n) is 15.5. The fraction of sp³-hybridized carbons (Fsp3) is 0.429. The van der Waals surface area contributed by atoms with E-state index in [4.69, 9.17) is 0 Å². The quantitative estimate of drug-likeness (QED) is 0.701. The van der Waals surface area contributed by atoms with Crippen molar-refractivity contribution >= 4 is 15.9 Å². The molecule has 3 heteroatoms. The normalized spacial score (nSPS) is 16.8. The number of likely N-dealkylation sites (N-methyl/N-ethyl adjacent to an activating group) is 1. The SMILES string of the molecule is Brc1ccccc1.CC.CN(C)C1CCN(Cc2ccccc2)C1. The van der Waals surface area contributed by atoms with Crippen LogP contribution >= 0.6 is 15.9 Å². The largest absolute Gasteiger partial charge is 0.305 e. The smallest absolute Gasteiger partial charge is 0.0234 e. The van der Waals surface area contributed by atoms with E-state index in [1.54, 1.807) is 0 Å². The Hall–Kier alpha value is -1.16. The van der Waals surface area contributed by atoms with Gasteiger partial charge in [-0.2, -0.15) is 0 Å². The van der Waals surface area contributed by atoms with E-state index >= 15 is 0 Å². The second-order valence-electron chi connectivity index (χ2n) is 5.92. The molecule has 1 aliphatic heterocycles. The molecular formula is C21H31BrN2. The van der Waals surface area contributed by atoms with Crippen LogP contribution in [0.25, 0.3) is 0 Å². The van der Waals surface area contributed by atoms with Crippen LogP contribution in [0.1, 0.15) is 25.8 Å². The summed E-state index contributed by atoms with van der Waals surface area (Å²) in [7, 11) is 4.35. The molecule has 0 radical (unpaired) electrons. The van der Waals surface area contributed by atoms with Crippen molar-refractivity contribution in [2.24, 2.45) is 0 Å². The first-order valence-electron chi connectivity index (χ1n) is 8.78. The van der Waals surface area contributed by atoms with E-state index in [2.05, 4.69) is 70.2 Å². The highest BCUT2D eigenvalue weighted by atomic mass is 79.9. The lowest BCUT2D eigenvalue weighted by molar-refractivity contribution is 0.264. The van der Waals surface area contributed by atoms with Crippen LogP contribution in [0.5, 0.6) is 0 Å². The van der Waals surface area contributed by atoms with Crippen LogP contribution in [0.4, 0.5) is 0 Å². The van der Waals surface area contributed by atoms with Crippen molar-refractivity contribution in [1.82, 2.24) is 9.80 Å². The van der Waals surface area contributed by atoms with Crippen LogP contribution in [-0.2, 0) is 6.54 Å². The number of hydrogen-bond donors (Lipinski definition) is 0. The zero-order valence-corrected chi connectivity index (χ0v) is 17.0. The van der Waals surface area contributed by atoms with Gasteiger partial charge in [-0.25, -0.2) is 0 Å². The molecule has 0 bridgehead atoms. The van der Waals surface area contributed by atoms with Crippen molar-refractivity contribution in [3.8, 4) is 0 Å². The molecule has 0 N–H and O–H groups in total. The van der Waals surface area contributed by atoms with Crippen molar-refractivity contribution in [2.45, 2.75) is 32.9 Å². The summed E-state index contributed by atoms with van der Waals surface area (Å²) in [5, 5.41) is 0.